The summed E-state index contributed by atoms with van der Waals surface area (Å²) in [5.74, 6) is 5.67. The van der Waals surface area contributed by atoms with Crippen LogP contribution in [0.5, 0.6) is 5.75 Å². The van der Waals surface area contributed by atoms with Gasteiger partial charge in [-0.15, -0.1) is 11.6 Å². The monoisotopic (exact) mass is 288 g/mol. The quantitative estimate of drug-likeness (QED) is 0.609. The van der Waals surface area contributed by atoms with Gasteiger partial charge in [-0.25, -0.2) is 4.39 Å². The van der Waals surface area contributed by atoms with Crippen molar-refractivity contribution < 1.29 is 9.13 Å². The molecule has 0 heterocycles. The molecule has 0 saturated heterocycles. The van der Waals surface area contributed by atoms with Crippen LogP contribution >= 0.6 is 11.6 Å². The summed E-state index contributed by atoms with van der Waals surface area (Å²) in [5.41, 5.74) is 1.85. The van der Waals surface area contributed by atoms with Gasteiger partial charge in [-0.3, -0.25) is 0 Å². The second-order valence-corrected chi connectivity index (χ2v) is 4.43. The van der Waals surface area contributed by atoms with Gasteiger partial charge in [0.05, 0.1) is 12.5 Å². The van der Waals surface area contributed by atoms with Crippen LogP contribution in [0, 0.1) is 17.7 Å². The topological polar surface area (TPSA) is 9.23 Å². The smallest absolute Gasteiger partial charge is 0.165 e. The van der Waals surface area contributed by atoms with Gasteiger partial charge in [0.25, 0.3) is 0 Å². The molecule has 0 amide bonds. The fourth-order valence-electron chi connectivity index (χ4n) is 1.75. The maximum Gasteiger partial charge on any atom is 0.165 e. The van der Waals surface area contributed by atoms with Crippen molar-refractivity contribution in [1.82, 2.24) is 0 Å². The molecular formula is C17H14ClFO. The highest BCUT2D eigenvalue weighted by molar-refractivity contribution is 6.19. The van der Waals surface area contributed by atoms with Gasteiger partial charge in [0, 0.05) is 12.0 Å². The largest absolute Gasteiger partial charge is 0.490 e. The van der Waals surface area contributed by atoms with Gasteiger partial charge >= 0.3 is 0 Å². The Morgan fingerprint density at radius 3 is 2.65 bits per heavy atom. The van der Waals surface area contributed by atoms with Gasteiger partial charge in [-0.05, 0) is 23.8 Å². The lowest BCUT2D eigenvalue weighted by atomic mass is 10.2. The van der Waals surface area contributed by atoms with Crippen molar-refractivity contribution in [2.45, 2.75) is 6.42 Å². The Labute approximate surface area is 123 Å². The van der Waals surface area contributed by atoms with E-state index in [1.807, 2.05) is 30.3 Å². The molecule has 0 atom stereocenters. The van der Waals surface area contributed by atoms with Crippen LogP contribution < -0.4 is 4.74 Å². The van der Waals surface area contributed by atoms with Crippen LogP contribution in [-0.2, 0) is 6.42 Å². The molecule has 0 aliphatic heterocycles. The molecule has 2 aromatic carbocycles. The third kappa shape index (κ3) is 4.29. The highest BCUT2D eigenvalue weighted by Crippen LogP contribution is 2.18. The third-order valence-electron chi connectivity index (χ3n) is 2.72. The second-order valence-electron chi connectivity index (χ2n) is 4.16. The fraction of sp³-hybridized carbons (Fsp3) is 0.176. The molecule has 0 N–H and O–H groups in total. The van der Waals surface area contributed by atoms with Crippen LogP contribution in [0.25, 0.3) is 0 Å². The van der Waals surface area contributed by atoms with Crippen molar-refractivity contribution in [2.75, 3.05) is 12.5 Å². The van der Waals surface area contributed by atoms with E-state index in [0.29, 0.717) is 12.2 Å². The average Bonchev–Trinajstić information content (AvgIpc) is 2.49. The van der Waals surface area contributed by atoms with E-state index in [4.69, 9.17) is 16.3 Å². The molecule has 2 aromatic rings. The van der Waals surface area contributed by atoms with Crippen LogP contribution in [0.4, 0.5) is 4.39 Å². The van der Waals surface area contributed by atoms with Crippen molar-refractivity contribution in [2.24, 2.45) is 0 Å². The Bertz CT molecular complexity index is 614. The molecule has 0 aromatic heterocycles. The number of hydrogen-bond donors (Lipinski definition) is 0. The summed E-state index contributed by atoms with van der Waals surface area (Å²) in [7, 11) is 0. The fourth-order valence-corrected chi connectivity index (χ4v) is 1.82. The highest BCUT2D eigenvalue weighted by Gasteiger charge is 2.04. The molecule has 0 aliphatic carbocycles. The molecule has 102 valence electrons. The van der Waals surface area contributed by atoms with Gasteiger partial charge in [0.2, 0.25) is 0 Å². The van der Waals surface area contributed by atoms with Gasteiger partial charge in [0.15, 0.2) is 11.6 Å². The highest BCUT2D eigenvalue weighted by atomic mass is 35.5. The maximum atomic E-state index is 13.6. The van der Waals surface area contributed by atoms with Crippen molar-refractivity contribution in [3.05, 3.63) is 65.5 Å². The van der Waals surface area contributed by atoms with Gasteiger partial charge in [-0.1, -0.05) is 42.2 Å². The summed E-state index contributed by atoms with van der Waals surface area (Å²) in [5, 5.41) is 0. The summed E-state index contributed by atoms with van der Waals surface area (Å²) < 4.78 is 19.1. The molecule has 0 bridgehead atoms. The summed E-state index contributed by atoms with van der Waals surface area (Å²) in [6.07, 6.45) is 0.734. The zero-order valence-corrected chi connectivity index (χ0v) is 11.7. The van der Waals surface area contributed by atoms with E-state index < -0.39 is 0 Å². The molecule has 0 unspecified atom stereocenters. The zero-order chi connectivity index (χ0) is 14.2. The van der Waals surface area contributed by atoms with Crippen molar-refractivity contribution >= 4 is 11.6 Å². The number of hydrogen-bond acceptors (Lipinski definition) is 1. The van der Waals surface area contributed by atoms with Gasteiger partial charge in [0.1, 0.15) is 0 Å². The molecule has 2 rings (SSSR count). The predicted molar refractivity (Wildman–Crippen MR) is 79.6 cm³/mol. The molecular weight excluding hydrogens is 275 g/mol. The van der Waals surface area contributed by atoms with E-state index in [0.717, 1.165) is 12.0 Å². The van der Waals surface area contributed by atoms with Crippen LogP contribution in [0.15, 0.2) is 48.5 Å². The van der Waals surface area contributed by atoms with Crippen molar-refractivity contribution in [1.29, 1.82) is 0 Å². The minimum atomic E-state index is -0.380. The van der Waals surface area contributed by atoms with Gasteiger partial charge < -0.3 is 4.74 Å². The Morgan fingerprint density at radius 1 is 1.10 bits per heavy atom. The lowest BCUT2D eigenvalue weighted by Gasteiger charge is -2.07. The zero-order valence-electron chi connectivity index (χ0n) is 10.9. The van der Waals surface area contributed by atoms with Crippen molar-refractivity contribution in [3.63, 3.8) is 0 Å². The molecule has 0 aliphatic rings. The standard InChI is InChI=1S/C17H14ClFO/c18-11-4-7-15-8-9-16(19)17(13-15)20-12-10-14-5-2-1-3-6-14/h1-3,5-6,8-9,13H,10-12H2. The number of rotatable bonds is 4. The number of ether oxygens (including phenoxy) is 1. The molecule has 0 saturated carbocycles. The molecule has 0 spiro atoms. The molecule has 1 nitrogen and oxygen atoms in total. The van der Waals surface area contributed by atoms with E-state index in [1.165, 1.54) is 6.07 Å². The summed E-state index contributed by atoms with van der Waals surface area (Å²) >= 11 is 5.49. The minimum absolute atomic E-state index is 0.224. The second kappa shape index (κ2) is 7.57. The lowest BCUT2D eigenvalue weighted by molar-refractivity contribution is 0.305. The predicted octanol–water partition coefficient (Wildman–Crippen LogP) is 4.04. The normalized spacial score (nSPS) is 9.70. The van der Waals surface area contributed by atoms with E-state index in [-0.39, 0.29) is 17.4 Å². The average molecular weight is 289 g/mol. The van der Waals surface area contributed by atoms with E-state index >= 15 is 0 Å². The van der Waals surface area contributed by atoms with E-state index in [9.17, 15) is 4.39 Å². The summed E-state index contributed by atoms with van der Waals surface area (Å²) in [4.78, 5) is 0. The first-order valence-electron chi connectivity index (χ1n) is 6.30. The molecule has 0 fully saturated rings. The van der Waals surface area contributed by atoms with Gasteiger partial charge in [-0.2, -0.15) is 0 Å². The Morgan fingerprint density at radius 2 is 1.90 bits per heavy atom. The summed E-state index contributed by atoms with van der Waals surface area (Å²) in [6, 6.07) is 14.5. The SMILES string of the molecule is Fc1ccc(C#CCCl)cc1OCCc1ccccc1. The van der Waals surface area contributed by atoms with E-state index in [2.05, 4.69) is 11.8 Å². The minimum Gasteiger partial charge on any atom is -0.490 e. The van der Waals surface area contributed by atoms with Crippen molar-refractivity contribution in [3.8, 4) is 17.6 Å². The van der Waals surface area contributed by atoms with E-state index in [1.54, 1.807) is 12.1 Å². The first kappa shape index (κ1) is 14.4. The molecule has 20 heavy (non-hydrogen) atoms. The number of alkyl halides is 1. The Kier molecular flexibility index (Phi) is 5.46. The van der Waals surface area contributed by atoms with Crippen LogP contribution in [0.2, 0.25) is 0 Å². The first-order chi connectivity index (χ1) is 9.79. The number of halogens is 2. The third-order valence-corrected chi connectivity index (χ3v) is 2.86. The first-order valence-corrected chi connectivity index (χ1v) is 6.84. The Hall–Kier alpha value is -1.98. The van der Waals surface area contributed by atoms with Crippen LogP contribution in [0.1, 0.15) is 11.1 Å². The van der Waals surface area contributed by atoms with Crippen LogP contribution in [0.3, 0.4) is 0 Å². The number of benzene rings is 2. The van der Waals surface area contributed by atoms with Crippen LogP contribution in [-0.4, -0.2) is 12.5 Å². The molecule has 0 radical (unpaired) electrons. The maximum absolute atomic E-state index is 13.6. The molecule has 3 heteroatoms. The Balaban J connectivity index is 1.98. The lowest BCUT2D eigenvalue weighted by Crippen LogP contribution is -2.03. The summed E-state index contributed by atoms with van der Waals surface area (Å²) in [6.45, 7) is 0.424.